The minimum Gasteiger partial charge on any atom is -0.496 e. The zero-order valence-electron chi connectivity index (χ0n) is 33.9. The summed E-state index contributed by atoms with van der Waals surface area (Å²) >= 11 is 0. The zero-order chi connectivity index (χ0) is 42.3. The number of hydrogen-bond donors (Lipinski definition) is 5. The molecular formula is C44H63FN4O6. The first-order valence-electron chi connectivity index (χ1n) is 18.0. The number of ether oxygens (including phenoxy) is 2. The fourth-order valence-electron chi connectivity index (χ4n) is 4.54. The second-order valence-corrected chi connectivity index (χ2v) is 10.5. The summed E-state index contributed by atoms with van der Waals surface area (Å²) in [6.07, 6.45) is 3.11. The molecule has 0 saturated heterocycles. The van der Waals surface area contributed by atoms with Crippen molar-refractivity contribution < 1.29 is 34.0 Å². The largest absolute Gasteiger partial charge is 0.496 e. The molecule has 7 N–H and O–H groups in total. The van der Waals surface area contributed by atoms with Gasteiger partial charge in [0.2, 0.25) is 0 Å². The molecule has 0 aliphatic carbocycles. The molecule has 55 heavy (non-hydrogen) atoms. The number of nitrogen functional groups attached to an aromatic ring is 1. The Morgan fingerprint density at radius 2 is 1.44 bits per heavy atom. The van der Waals surface area contributed by atoms with Crippen LogP contribution in [0.4, 0.5) is 21.5 Å². The summed E-state index contributed by atoms with van der Waals surface area (Å²) in [5, 5.41) is 26.8. The van der Waals surface area contributed by atoms with Gasteiger partial charge < -0.3 is 46.1 Å². The third-order valence-electron chi connectivity index (χ3n) is 7.01. The molecule has 302 valence electrons. The average molecular weight is 763 g/mol. The smallest absolute Gasteiger partial charge is 0.293 e. The Hall–Kier alpha value is -5.62. The van der Waals surface area contributed by atoms with Crippen LogP contribution in [0.2, 0.25) is 0 Å². The van der Waals surface area contributed by atoms with Gasteiger partial charge in [-0.25, -0.2) is 4.39 Å². The molecule has 0 aliphatic rings. The predicted octanol–water partition coefficient (Wildman–Crippen LogP) is 9.23. The molecule has 11 heteroatoms. The van der Waals surface area contributed by atoms with E-state index in [1.54, 1.807) is 47.2 Å². The number of carbonyl (C=O) groups excluding carboxylic acids is 1. The van der Waals surface area contributed by atoms with E-state index in [0.29, 0.717) is 30.0 Å². The SMILES string of the molecule is C=C.C=CN(CN)c1ccc(OC)c(-c2cccc(N)c2F)c1.CC.CC.CC(=O)CO.CCO/C(O)=C\N(CCO)c1ccc(C)c(-c2ccccc2)c1. The van der Waals surface area contributed by atoms with E-state index in [4.69, 9.17) is 26.0 Å². The molecule has 0 spiro atoms. The first kappa shape index (κ1) is 51.5. The summed E-state index contributed by atoms with van der Waals surface area (Å²) in [5.74, 6) is -0.261. The fraction of sp³-hybridized carbons (Fsp3) is 0.295. The van der Waals surface area contributed by atoms with Crippen LogP contribution in [-0.4, -0.2) is 61.2 Å². The van der Waals surface area contributed by atoms with Gasteiger partial charge in [-0.1, -0.05) is 82.8 Å². The van der Waals surface area contributed by atoms with Crippen LogP contribution in [0.15, 0.2) is 123 Å². The molecule has 4 aromatic rings. The van der Waals surface area contributed by atoms with Crippen LogP contribution in [0, 0.1) is 12.7 Å². The number of carbonyl (C=O) groups is 1. The molecule has 0 radical (unpaired) electrons. The summed E-state index contributed by atoms with van der Waals surface area (Å²) in [6.45, 7) is 23.6. The Kier molecular flexibility index (Phi) is 28.8. The van der Waals surface area contributed by atoms with Gasteiger partial charge in [-0.15, -0.1) is 13.2 Å². The van der Waals surface area contributed by atoms with E-state index in [1.807, 2.05) is 64.1 Å². The van der Waals surface area contributed by atoms with Gasteiger partial charge in [0.1, 0.15) is 12.4 Å². The summed E-state index contributed by atoms with van der Waals surface area (Å²) in [7, 11) is 1.54. The van der Waals surface area contributed by atoms with E-state index in [1.165, 1.54) is 31.9 Å². The third-order valence-corrected chi connectivity index (χ3v) is 7.01. The molecular weight excluding hydrogens is 700 g/mol. The van der Waals surface area contributed by atoms with Crippen LogP contribution in [0.3, 0.4) is 0 Å². The van der Waals surface area contributed by atoms with E-state index in [-0.39, 0.29) is 37.3 Å². The highest BCUT2D eigenvalue weighted by Gasteiger charge is 2.15. The number of hydrogen-bond acceptors (Lipinski definition) is 10. The number of methoxy groups -OCH3 is 1. The summed E-state index contributed by atoms with van der Waals surface area (Å²) in [5.41, 5.74) is 17.5. The monoisotopic (exact) mass is 762 g/mol. The molecule has 0 amide bonds. The van der Waals surface area contributed by atoms with E-state index in [9.17, 15) is 19.4 Å². The van der Waals surface area contributed by atoms with Crippen molar-refractivity contribution in [2.24, 2.45) is 5.73 Å². The van der Waals surface area contributed by atoms with Gasteiger partial charge in [0.25, 0.3) is 5.95 Å². The molecule has 4 rings (SSSR count). The Morgan fingerprint density at radius 1 is 0.873 bits per heavy atom. The van der Waals surface area contributed by atoms with Crippen molar-refractivity contribution >= 4 is 22.8 Å². The Labute approximate surface area is 328 Å². The van der Waals surface area contributed by atoms with Crippen LogP contribution < -0.4 is 26.0 Å². The number of nitrogens with zero attached hydrogens (tertiary/aromatic N) is 2. The molecule has 0 atom stereocenters. The third kappa shape index (κ3) is 17.8. The Bertz CT molecular complexity index is 1680. The number of rotatable bonds is 13. The van der Waals surface area contributed by atoms with Crippen molar-refractivity contribution in [3.05, 3.63) is 134 Å². The molecule has 0 aliphatic heterocycles. The van der Waals surface area contributed by atoms with Crippen molar-refractivity contribution in [1.29, 1.82) is 0 Å². The Balaban J connectivity index is 0. The van der Waals surface area contributed by atoms with E-state index in [2.05, 4.69) is 44.9 Å². The first-order chi connectivity index (χ1) is 26.5. The molecule has 4 aromatic carbocycles. The van der Waals surface area contributed by atoms with Gasteiger partial charge in [-0.05, 0) is 80.1 Å². The van der Waals surface area contributed by atoms with Crippen molar-refractivity contribution in [3.63, 3.8) is 0 Å². The molecule has 10 nitrogen and oxygen atoms in total. The standard InChI is InChI=1S/C19H23NO3.C16H18FN3O.C3H6O2.2C2H6.C2H4/c1-3-23-19(22)14-20(11-12-21)17-10-9-15(2)18(13-17)16-7-5-4-6-8-16;1-3-20(10-18)11-7-8-15(21-2)13(9-11)12-5-4-6-14(19)16(12)17;1-3(5)2-4;3*1-2/h4-10,13-14,21-22H,3,11-12H2,1-2H3;3-9H,1,10,18-19H2,2H3;4H,2H2,1H3;2*1-2H3;1-2H2/b19-14-;;;;;. The highest BCUT2D eigenvalue weighted by atomic mass is 19.1. The number of aliphatic hydroxyl groups excluding tert-OH is 3. The number of benzene rings is 4. The van der Waals surface area contributed by atoms with Gasteiger partial charge in [-0.2, -0.15) is 0 Å². The van der Waals surface area contributed by atoms with Crippen molar-refractivity contribution in [3.8, 4) is 28.0 Å². The van der Waals surface area contributed by atoms with Crippen LogP contribution >= 0.6 is 0 Å². The topological polar surface area (TPSA) is 155 Å². The highest BCUT2D eigenvalue weighted by molar-refractivity contribution is 5.78. The summed E-state index contributed by atoms with van der Waals surface area (Å²) < 4.78 is 24.6. The minimum absolute atomic E-state index is 0.0234. The number of anilines is 3. The van der Waals surface area contributed by atoms with Crippen molar-refractivity contribution in [2.45, 2.75) is 48.5 Å². The lowest BCUT2D eigenvalue weighted by molar-refractivity contribution is -0.119. The van der Waals surface area contributed by atoms with Crippen LogP contribution in [-0.2, 0) is 9.53 Å². The van der Waals surface area contributed by atoms with Gasteiger partial charge >= 0.3 is 0 Å². The normalized spacial score (nSPS) is 9.64. The summed E-state index contributed by atoms with van der Waals surface area (Å²) in [4.78, 5) is 13.1. The molecule has 0 heterocycles. The second-order valence-electron chi connectivity index (χ2n) is 10.5. The number of ketones is 1. The summed E-state index contributed by atoms with van der Waals surface area (Å²) in [6, 6.07) is 26.5. The van der Waals surface area contributed by atoms with Gasteiger partial charge in [0.15, 0.2) is 11.6 Å². The van der Waals surface area contributed by atoms with Gasteiger partial charge in [-0.3, -0.25) is 4.79 Å². The first-order valence-corrected chi connectivity index (χ1v) is 18.0. The quantitative estimate of drug-likeness (QED) is 0.0385. The fourth-order valence-corrected chi connectivity index (χ4v) is 4.54. The highest BCUT2D eigenvalue weighted by Crippen LogP contribution is 2.36. The maximum absolute atomic E-state index is 14.3. The Morgan fingerprint density at radius 3 is 1.95 bits per heavy atom. The van der Waals surface area contributed by atoms with Crippen LogP contribution in [0.25, 0.3) is 22.3 Å². The molecule has 0 fully saturated rings. The lowest BCUT2D eigenvalue weighted by Crippen LogP contribution is -2.23. The molecule has 0 unspecified atom stereocenters. The second kappa shape index (κ2) is 30.8. The maximum atomic E-state index is 14.3. The lowest BCUT2D eigenvalue weighted by Gasteiger charge is -2.21. The number of aliphatic hydroxyl groups is 3. The number of nitrogens with two attached hydrogens (primary N) is 2. The minimum atomic E-state index is -0.467. The zero-order valence-corrected chi connectivity index (χ0v) is 33.9. The molecule has 0 aromatic heterocycles. The molecule has 0 bridgehead atoms. The molecule has 0 saturated carbocycles. The number of aryl methyl sites for hydroxylation is 1. The number of Topliss-reactive ketones (excluding diaryl/α,β-unsaturated/α-hetero) is 1. The van der Waals surface area contributed by atoms with Crippen LogP contribution in [0.1, 0.15) is 47.1 Å². The van der Waals surface area contributed by atoms with E-state index in [0.717, 1.165) is 22.5 Å². The van der Waals surface area contributed by atoms with Crippen LogP contribution in [0.5, 0.6) is 5.75 Å². The lowest BCUT2D eigenvalue weighted by atomic mass is 10.00. The number of halogens is 1. The van der Waals surface area contributed by atoms with Gasteiger partial charge in [0, 0.05) is 29.0 Å². The maximum Gasteiger partial charge on any atom is 0.293 e. The van der Waals surface area contributed by atoms with Crippen molar-refractivity contribution in [1.82, 2.24) is 0 Å². The van der Waals surface area contributed by atoms with E-state index < -0.39 is 5.82 Å². The predicted molar refractivity (Wildman–Crippen MR) is 230 cm³/mol. The van der Waals surface area contributed by atoms with Gasteiger partial charge in [0.05, 0.1) is 38.9 Å². The average Bonchev–Trinajstić information content (AvgIpc) is 3.22. The van der Waals surface area contributed by atoms with E-state index >= 15 is 0 Å². The van der Waals surface area contributed by atoms with Crippen molar-refractivity contribution in [2.75, 3.05) is 55.7 Å².